The van der Waals surface area contributed by atoms with Crippen molar-refractivity contribution in [1.29, 1.82) is 0 Å². The molecule has 1 rings (SSSR count). The highest BCUT2D eigenvalue weighted by molar-refractivity contribution is 5.96. The Hall–Kier alpha value is -2.57. The van der Waals surface area contributed by atoms with Crippen LogP contribution in [-0.4, -0.2) is 23.9 Å². The van der Waals surface area contributed by atoms with Gasteiger partial charge < -0.3 is 11.1 Å². The summed E-state index contributed by atoms with van der Waals surface area (Å²) in [6, 6.07) is 5.32. The predicted molar refractivity (Wildman–Crippen MR) is 82.8 cm³/mol. The van der Waals surface area contributed by atoms with Crippen LogP contribution < -0.4 is 21.9 Å². The number of carbonyl (C=O) groups excluding carboxylic acids is 3. The molecular weight excluding hydrogens is 284 g/mol. The molecule has 1 aromatic carbocycles. The van der Waals surface area contributed by atoms with Gasteiger partial charge in [0.25, 0.3) is 11.8 Å². The maximum Gasteiger partial charge on any atom is 0.312 e. The molecule has 22 heavy (non-hydrogen) atoms. The number of rotatable bonds is 5. The first-order valence-corrected chi connectivity index (χ1v) is 7.08. The Labute approximate surface area is 129 Å². The van der Waals surface area contributed by atoms with Gasteiger partial charge in [-0.05, 0) is 25.0 Å². The van der Waals surface area contributed by atoms with E-state index in [0.717, 1.165) is 5.56 Å². The molecule has 0 aliphatic carbocycles. The van der Waals surface area contributed by atoms with Gasteiger partial charge in [-0.15, -0.1) is 0 Å². The Kier molecular flexibility index (Phi) is 6.37. The fraction of sp³-hybridized carbons (Fsp3) is 0.400. The van der Waals surface area contributed by atoms with E-state index in [0.29, 0.717) is 12.0 Å². The van der Waals surface area contributed by atoms with Crippen molar-refractivity contribution < 1.29 is 14.4 Å². The van der Waals surface area contributed by atoms with Crippen LogP contribution in [-0.2, 0) is 4.79 Å². The number of amides is 4. The van der Waals surface area contributed by atoms with Crippen molar-refractivity contribution in [3.63, 3.8) is 0 Å². The van der Waals surface area contributed by atoms with Gasteiger partial charge in [-0.2, -0.15) is 0 Å². The fourth-order valence-electron chi connectivity index (χ4n) is 1.83. The van der Waals surface area contributed by atoms with Gasteiger partial charge in [0.1, 0.15) is 6.04 Å². The third kappa shape index (κ3) is 5.08. The maximum atomic E-state index is 12.1. The number of urea groups is 1. The van der Waals surface area contributed by atoms with E-state index in [4.69, 9.17) is 5.73 Å². The SMILES string of the molecule is CC[C@H](C)[C@H](NC(N)=O)C(=O)NNC(=O)c1ccc(C)cc1. The average molecular weight is 306 g/mol. The molecule has 0 aliphatic heterocycles. The first kappa shape index (κ1) is 17.5. The van der Waals surface area contributed by atoms with E-state index in [-0.39, 0.29) is 5.92 Å². The van der Waals surface area contributed by atoms with Gasteiger partial charge in [-0.1, -0.05) is 38.0 Å². The third-order valence-corrected chi connectivity index (χ3v) is 3.41. The molecule has 7 heteroatoms. The van der Waals surface area contributed by atoms with Gasteiger partial charge in [0.2, 0.25) is 0 Å². The predicted octanol–water partition coefficient (Wildman–Crippen LogP) is 0.839. The lowest BCUT2D eigenvalue weighted by Gasteiger charge is -2.22. The van der Waals surface area contributed by atoms with Crippen LogP contribution in [0.4, 0.5) is 4.79 Å². The summed E-state index contributed by atoms with van der Waals surface area (Å²) in [6.07, 6.45) is 0.671. The molecule has 2 atom stereocenters. The van der Waals surface area contributed by atoms with Gasteiger partial charge in [0.05, 0.1) is 0 Å². The number of benzene rings is 1. The maximum absolute atomic E-state index is 12.1. The second kappa shape index (κ2) is 8.02. The molecule has 120 valence electrons. The summed E-state index contributed by atoms with van der Waals surface area (Å²) in [5.74, 6) is -1.08. The molecule has 1 aromatic rings. The van der Waals surface area contributed by atoms with E-state index < -0.39 is 23.9 Å². The molecule has 5 N–H and O–H groups in total. The Balaban J connectivity index is 2.63. The highest BCUT2D eigenvalue weighted by atomic mass is 16.2. The second-order valence-electron chi connectivity index (χ2n) is 5.18. The first-order chi connectivity index (χ1) is 10.3. The van der Waals surface area contributed by atoms with Crippen LogP contribution >= 0.6 is 0 Å². The molecule has 0 fully saturated rings. The first-order valence-electron chi connectivity index (χ1n) is 7.08. The van der Waals surface area contributed by atoms with E-state index >= 15 is 0 Å². The van der Waals surface area contributed by atoms with Crippen LogP contribution in [0.3, 0.4) is 0 Å². The Morgan fingerprint density at radius 3 is 2.23 bits per heavy atom. The Morgan fingerprint density at radius 1 is 1.14 bits per heavy atom. The number of nitrogens with one attached hydrogen (secondary N) is 3. The molecule has 0 heterocycles. The number of hydrazine groups is 1. The molecule has 0 spiro atoms. The van der Waals surface area contributed by atoms with Crippen LogP contribution in [0.15, 0.2) is 24.3 Å². The lowest BCUT2D eigenvalue weighted by molar-refractivity contribution is -0.124. The monoisotopic (exact) mass is 306 g/mol. The third-order valence-electron chi connectivity index (χ3n) is 3.41. The zero-order chi connectivity index (χ0) is 16.7. The van der Waals surface area contributed by atoms with E-state index in [9.17, 15) is 14.4 Å². The Bertz CT molecular complexity index is 542. The van der Waals surface area contributed by atoms with Gasteiger partial charge in [0.15, 0.2) is 0 Å². The number of nitrogens with two attached hydrogens (primary N) is 1. The number of aryl methyl sites for hydroxylation is 1. The van der Waals surface area contributed by atoms with E-state index in [1.807, 2.05) is 20.8 Å². The van der Waals surface area contributed by atoms with Crippen LogP contribution in [0.1, 0.15) is 36.2 Å². The Morgan fingerprint density at radius 2 is 1.73 bits per heavy atom. The number of primary amides is 1. The highest BCUT2D eigenvalue weighted by Gasteiger charge is 2.25. The van der Waals surface area contributed by atoms with Crippen molar-refractivity contribution >= 4 is 17.8 Å². The van der Waals surface area contributed by atoms with Gasteiger partial charge >= 0.3 is 6.03 Å². The smallest absolute Gasteiger partial charge is 0.312 e. The highest BCUT2D eigenvalue weighted by Crippen LogP contribution is 2.07. The second-order valence-corrected chi connectivity index (χ2v) is 5.18. The van der Waals surface area contributed by atoms with Gasteiger partial charge in [-0.3, -0.25) is 20.4 Å². The molecule has 0 bridgehead atoms. The van der Waals surface area contributed by atoms with Gasteiger partial charge in [0, 0.05) is 5.56 Å². The van der Waals surface area contributed by atoms with Crippen molar-refractivity contribution in [2.24, 2.45) is 11.7 Å². The topological polar surface area (TPSA) is 113 Å². The molecule has 0 unspecified atom stereocenters. The molecule has 0 aromatic heterocycles. The largest absolute Gasteiger partial charge is 0.352 e. The minimum absolute atomic E-state index is 0.122. The molecule has 4 amide bonds. The molecule has 0 radical (unpaired) electrons. The van der Waals surface area contributed by atoms with Crippen molar-refractivity contribution in [2.75, 3.05) is 0 Å². The summed E-state index contributed by atoms with van der Waals surface area (Å²) < 4.78 is 0. The summed E-state index contributed by atoms with van der Waals surface area (Å²) in [5.41, 5.74) is 11.2. The van der Waals surface area contributed by atoms with E-state index in [1.54, 1.807) is 24.3 Å². The minimum atomic E-state index is -0.805. The van der Waals surface area contributed by atoms with Crippen LogP contribution in [0.2, 0.25) is 0 Å². The average Bonchev–Trinajstić information content (AvgIpc) is 2.49. The van der Waals surface area contributed by atoms with Crippen LogP contribution in [0, 0.1) is 12.8 Å². The number of carbonyl (C=O) groups is 3. The summed E-state index contributed by atoms with van der Waals surface area (Å²) in [5, 5.41) is 2.38. The van der Waals surface area contributed by atoms with Crippen LogP contribution in [0.25, 0.3) is 0 Å². The standard InChI is InChI=1S/C15H22N4O3/c1-4-10(3)12(17-15(16)22)14(21)19-18-13(20)11-7-5-9(2)6-8-11/h5-8,10,12H,4H2,1-3H3,(H,18,20)(H,19,21)(H3,16,17,22)/t10-,12-/m0/s1. The normalized spacial score (nSPS) is 12.9. The molecule has 7 nitrogen and oxygen atoms in total. The summed E-state index contributed by atoms with van der Waals surface area (Å²) in [6.45, 7) is 5.61. The fourth-order valence-corrected chi connectivity index (χ4v) is 1.83. The summed E-state index contributed by atoms with van der Waals surface area (Å²) >= 11 is 0. The lowest BCUT2D eigenvalue weighted by Crippen LogP contribution is -2.55. The lowest BCUT2D eigenvalue weighted by atomic mass is 9.99. The minimum Gasteiger partial charge on any atom is -0.352 e. The zero-order valence-corrected chi connectivity index (χ0v) is 13.0. The molecule has 0 saturated carbocycles. The van der Waals surface area contributed by atoms with Crippen molar-refractivity contribution in [3.05, 3.63) is 35.4 Å². The van der Waals surface area contributed by atoms with Crippen molar-refractivity contribution in [1.82, 2.24) is 16.2 Å². The number of hydrogen-bond acceptors (Lipinski definition) is 3. The summed E-state index contributed by atoms with van der Waals surface area (Å²) in [4.78, 5) is 34.9. The van der Waals surface area contributed by atoms with Crippen LogP contribution in [0.5, 0.6) is 0 Å². The van der Waals surface area contributed by atoms with Crippen molar-refractivity contribution in [2.45, 2.75) is 33.2 Å². The summed E-state index contributed by atoms with van der Waals surface area (Å²) in [7, 11) is 0. The molecular formula is C15H22N4O3. The number of hydrogen-bond donors (Lipinski definition) is 4. The van der Waals surface area contributed by atoms with E-state index in [1.165, 1.54) is 0 Å². The van der Waals surface area contributed by atoms with Crippen molar-refractivity contribution in [3.8, 4) is 0 Å². The van der Waals surface area contributed by atoms with Gasteiger partial charge in [-0.25, -0.2) is 4.79 Å². The quantitative estimate of drug-likeness (QED) is 0.604. The molecule has 0 saturated heterocycles. The zero-order valence-electron chi connectivity index (χ0n) is 13.0. The molecule has 0 aliphatic rings. The van der Waals surface area contributed by atoms with E-state index in [2.05, 4.69) is 16.2 Å².